The van der Waals surface area contributed by atoms with Crippen molar-refractivity contribution in [3.63, 3.8) is 0 Å². The Kier molecular flexibility index (Phi) is 3.46. The maximum Gasteiger partial charge on any atom is 0.123 e. The Balaban J connectivity index is 1.58. The van der Waals surface area contributed by atoms with Crippen LogP contribution in [0.15, 0.2) is 18.2 Å². The number of nitrogens with zero attached hydrogens (tertiary/aromatic N) is 1. The first-order chi connectivity index (χ1) is 8.74. The lowest BCUT2D eigenvalue weighted by molar-refractivity contribution is 0.158. The summed E-state index contributed by atoms with van der Waals surface area (Å²) in [7, 11) is 0. The number of rotatable bonds is 3. The zero-order valence-electron chi connectivity index (χ0n) is 10.3. The van der Waals surface area contributed by atoms with Crippen LogP contribution in [0, 0.1) is 5.92 Å². The average molecular weight is 268 g/mol. The summed E-state index contributed by atoms with van der Waals surface area (Å²) in [5.41, 5.74) is 1.21. The molecule has 2 unspecified atom stereocenters. The lowest BCUT2D eigenvalue weighted by Crippen LogP contribution is -2.33. The van der Waals surface area contributed by atoms with E-state index in [0.29, 0.717) is 12.5 Å². The predicted octanol–water partition coefficient (Wildman–Crippen LogP) is 1.96. The molecule has 0 bridgehead atoms. The summed E-state index contributed by atoms with van der Waals surface area (Å²) in [6.07, 6.45) is 2.27. The molecule has 2 aliphatic heterocycles. The maximum absolute atomic E-state index is 9.14. The highest BCUT2D eigenvalue weighted by Gasteiger charge is 2.28. The number of halogens is 1. The highest BCUT2D eigenvalue weighted by Crippen LogP contribution is 2.31. The number of likely N-dealkylation sites (tertiary alicyclic amines) is 1. The average Bonchev–Trinajstić information content (AvgIpc) is 2.95. The minimum absolute atomic E-state index is 0.232. The first kappa shape index (κ1) is 12.3. The van der Waals surface area contributed by atoms with Crippen LogP contribution in [0.1, 0.15) is 12.0 Å². The van der Waals surface area contributed by atoms with Crippen LogP contribution in [-0.2, 0) is 6.42 Å². The van der Waals surface area contributed by atoms with E-state index in [1.54, 1.807) is 0 Å². The third-order valence-corrected chi connectivity index (χ3v) is 4.09. The van der Waals surface area contributed by atoms with Crippen LogP contribution in [0.25, 0.3) is 0 Å². The van der Waals surface area contributed by atoms with Gasteiger partial charge in [0.05, 0.1) is 0 Å². The van der Waals surface area contributed by atoms with Gasteiger partial charge in [-0.15, -0.1) is 0 Å². The fourth-order valence-electron chi connectivity index (χ4n) is 2.91. The van der Waals surface area contributed by atoms with Gasteiger partial charge in [-0.1, -0.05) is 11.6 Å². The van der Waals surface area contributed by atoms with E-state index < -0.39 is 0 Å². The number of aliphatic hydroxyl groups is 1. The number of fused-ring (bicyclic) bond motifs is 1. The molecule has 2 aliphatic rings. The molecular weight excluding hydrogens is 250 g/mol. The molecule has 1 N–H and O–H groups in total. The Morgan fingerprint density at radius 3 is 3.11 bits per heavy atom. The van der Waals surface area contributed by atoms with Crippen molar-refractivity contribution in [2.45, 2.75) is 18.9 Å². The molecule has 0 aromatic heterocycles. The van der Waals surface area contributed by atoms with E-state index >= 15 is 0 Å². The van der Waals surface area contributed by atoms with E-state index in [2.05, 4.69) is 4.90 Å². The van der Waals surface area contributed by atoms with Crippen LogP contribution in [0.4, 0.5) is 0 Å². The third kappa shape index (κ3) is 2.48. The molecule has 18 heavy (non-hydrogen) atoms. The fourth-order valence-corrected chi connectivity index (χ4v) is 3.10. The molecule has 2 heterocycles. The summed E-state index contributed by atoms with van der Waals surface area (Å²) < 4.78 is 5.93. The van der Waals surface area contributed by atoms with Crippen LogP contribution >= 0.6 is 11.6 Å². The molecule has 1 aromatic rings. The largest absolute Gasteiger partial charge is 0.488 e. The van der Waals surface area contributed by atoms with Gasteiger partial charge in [-0.3, -0.25) is 4.90 Å². The monoisotopic (exact) mass is 267 g/mol. The molecule has 3 rings (SSSR count). The van der Waals surface area contributed by atoms with Crippen LogP contribution in [-0.4, -0.2) is 42.4 Å². The van der Waals surface area contributed by atoms with Crippen LogP contribution in [0.2, 0.25) is 5.02 Å². The predicted molar refractivity (Wildman–Crippen MR) is 71.2 cm³/mol. The number of hydrogen-bond donors (Lipinski definition) is 1. The molecule has 3 nitrogen and oxygen atoms in total. The van der Waals surface area contributed by atoms with Gasteiger partial charge >= 0.3 is 0 Å². The van der Waals surface area contributed by atoms with Crippen molar-refractivity contribution in [2.24, 2.45) is 5.92 Å². The number of ether oxygens (including phenoxy) is 1. The minimum atomic E-state index is 0.232. The van der Waals surface area contributed by atoms with Gasteiger partial charge in [0, 0.05) is 31.1 Å². The molecule has 1 fully saturated rings. The van der Waals surface area contributed by atoms with Crippen molar-refractivity contribution in [2.75, 3.05) is 26.2 Å². The minimum Gasteiger partial charge on any atom is -0.488 e. The van der Waals surface area contributed by atoms with Crippen molar-refractivity contribution in [3.05, 3.63) is 28.8 Å². The Labute approximate surface area is 112 Å². The Bertz CT molecular complexity index is 438. The van der Waals surface area contributed by atoms with E-state index in [1.807, 2.05) is 18.2 Å². The highest BCUT2D eigenvalue weighted by molar-refractivity contribution is 6.30. The summed E-state index contributed by atoms with van der Waals surface area (Å²) in [4.78, 5) is 2.39. The van der Waals surface area contributed by atoms with Gasteiger partial charge in [-0.05, 0) is 42.6 Å². The topological polar surface area (TPSA) is 32.7 Å². The first-order valence-electron chi connectivity index (χ1n) is 6.53. The maximum atomic E-state index is 9.14. The van der Waals surface area contributed by atoms with E-state index in [4.69, 9.17) is 21.4 Å². The van der Waals surface area contributed by atoms with Gasteiger partial charge in [0.25, 0.3) is 0 Å². The smallest absolute Gasteiger partial charge is 0.123 e. The standard InChI is InChI=1S/C14H18ClNO2/c15-12-1-2-14-11(5-12)6-13(18-14)8-16-4-3-10(7-16)9-17/h1-2,5,10,13,17H,3-4,6-9H2. The summed E-state index contributed by atoms with van der Waals surface area (Å²) in [6.45, 7) is 3.32. The molecule has 4 heteroatoms. The zero-order chi connectivity index (χ0) is 12.5. The number of benzene rings is 1. The molecule has 0 spiro atoms. The zero-order valence-corrected chi connectivity index (χ0v) is 11.1. The molecule has 1 saturated heterocycles. The molecule has 0 aliphatic carbocycles. The molecule has 0 amide bonds. The van der Waals surface area contributed by atoms with Gasteiger partial charge in [0.2, 0.25) is 0 Å². The van der Waals surface area contributed by atoms with E-state index in [9.17, 15) is 0 Å². The van der Waals surface area contributed by atoms with Crippen LogP contribution < -0.4 is 4.74 Å². The van der Waals surface area contributed by atoms with E-state index in [0.717, 1.165) is 43.2 Å². The van der Waals surface area contributed by atoms with Crippen molar-refractivity contribution in [1.29, 1.82) is 0 Å². The summed E-state index contributed by atoms with van der Waals surface area (Å²) >= 11 is 5.99. The quantitative estimate of drug-likeness (QED) is 0.909. The second-order valence-electron chi connectivity index (χ2n) is 5.29. The van der Waals surface area contributed by atoms with Gasteiger partial charge < -0.3 is 9.84 Å². The molecule has 2 atom stereocenters. The van der Waals surface area contributed by atoms with Crippen molar-refractivity contribution in [3.8, 4) is 5.75 Å². The van der Waals surface area contributed by atoms with Crippen LogP contribution in [0.3, 0.4) is 0 Å². The number of aliphatic hydroxyl groups excluding tert-OH is 1. The van der Waals surface area contributed by atoms with E-state index in [-0.39, 0.29) is 6.10 Å². The van der Waals surface area contributed by atoms with Gasteiger partial charge in [0.15, 0.2) is 0 Å². The fraction of sp³-hybridized carbons (Fsp3) is 0.571. The Morgan fingerprint density at radius 1 is 1.44 bits per heavy atom. The molecular formula is C14H18ClNO2. The number of hydrogen-bond acceptors (Lipinski definition) is 3. The first-order valence-corrected chi connectivity index (χ1v) is 6.90. The van der Waals surface area contributed by atoms with E-state index in [1.165, 1.54) is 5.56 Å². The van der Waals surface area contributed by atoms with Crippen LogP contribution in [0.5, 0.6) is 5.75 Å². The Morgan fingerprint density at radius 2 is 2.33 bits per heavy atom. The molecule has 0 saturated carbocycles. The van der Waals surface area contributed by atoms with Crippen molar-refractivity contribution in [1.82, 2.24) is 4.90 Å². The van der Waals surface area contributed by atoms with Crippen molar-refractivity contribution < 1.29 is 9.84 Å². The van der Waals surface area contributed by atoms with Crippen molar-refractivity contribution >= 4 is 11.6 Å². The Hall–Kier alpha value is -0.770. The SMILES string of the molecule is OCC1CCN(CC2Cc3cc(Cl)ccc3O2)C1. The third-order valence-electron chi connectivity index (χ3n) is 3.85. The summed E-state index contributed by atoms with van der Waals surface area (Å²) in [5.74, 6) is 1.42. The van der Waals surface area contributed by atoms with Gasteiger partial charge in [-0.25, -0.2) is 0 Å². The second kappa shape index (κ2) is 5.08. The molecule has 98 valence electrons. The summed E-state index contributed by atoms with van der Waals surface area (Å²) in [6, 6.07) is 5.83. The van der Waals surface area contributed by atoms with Gasteiger partial charge in [0.1, 0.15) is 11.9 Å². The molecule has 0 radical (unpaired) electrons. The molecule has 1 aromatic carbocycles. The summed E-state index contributed by atoms with van der Waals surface area (Å²) in [5, 5.41) is 9.92. The lowest BCUT2D eigenvalue weighted by Gasteiger charge is -2.20. The highest BCUT2D eigenvalue weighted by atomic mass is 35.5. The second-order valence-corrected chi connectivity index (χ2v) is 5.73. The normalized spacial score (nSPS) is 27.2. The lowest BCUT2D eigenvalue weighted by atomic mass is 10.1. The van der Waals surface area contributed by atoms with Gasteiger partial charge in [-0.2, -0.15) is 0 Å².